The van der Waals surface area contributed by atoms with E-state index in [0.717, 1.165) is 5.56 Å². The maximum Gasteiger partial charge on any atom is 0.133 e. The molecule has 0 unspecified atom stereocenters. The average molecular weight is 296 g/mol. The number of rotatable bonds is 4. The Morgan fingerprint density at radius 1 is 1.10 bits per heavy atom. The average Bonchev–Trinajstić information content (AvgIpc) is 2.38. The molecular formula is C16H16ClF2N. The monoisotopic (exact) mass is 295 g/mol. The van der Waals surface area contributed by atoms with E-state index >= 15 is 0 Å². The van der Waals surface area contributed by atoms with Crippen molar-refractivity contribution in [3.63, 3.8) is 0 Å². The first-order valence-electron chi connectivity index (χ1n) is 6.45. The van der Waals surface area contributed by atoms with E-state index in [4.69, 9.17) is 11.6 Å². The van der Waals surface area contributed by atoms with Gasteiger partial charge in [0.1, 0.15) is 11.6 Å². The summed E-state index contributed by atoms with van der Waals surface area (Å²) < 4.78 is 27.6. The van der Waals surface area contributed by atoms with Crippen LogP contribution in [0.3, 0.4) is 0 Å². The molecule has 20 heavy (non-hydrogen) atoms. The molecule has 0 atom stereocenters. The third-order valence-electron chi connectivity index (χ3n) is 3.00. The van der Waals surface area contributed by atoms with E-state index in [1.165, 1.54) is 18.2 Å². The number of nitrogens with one attached hydrogen (secondary N) is 1. The molecule has 2 aromatic rings. The van der Waals surface area contributed by atoms with Crippen molar-refractivity contribution in [2.75, 3.05) is 0 Å². The predicted molar refractivity (Wildman–Crippen MR) is 78.8 cm³/mol. The Morgan fingerprint density at radius 2 is 1.75 bits per heavy atom. The second-order valence-corrected chi connectivity index (χ2v) is 5.35. The van der Waals surface area contributed by atoms with Gasteiger partial charge < -0.3 is 5.32 Å². The molecule has 1 N–H and O–H groups in total. The number of benzene rings is 2. The van der Waals surface area contributed by atoms with Gasteiger partial charge in [0.15, 0.2) is 0 Å². The van der Waals surface area contributed by atoms with Crippen molar-refractivity contribution in [2.45, 2.75) is 26.4 Å². The minimum absolute atomic E-state index is 0.0186. The number of hydrogen-bond acceptors (Lipinski definition) is 1. The lowest BCUT2D eigenvalue weighted by molar-refractivity contribution is 0.586. The highest BCUT2D eigenvalue weighted by atomic mass is 35.5. The molecule has 2 aromatic carbocycles. The van der Waals surface area contributed by atoms with Crippen LogP contribution in [0.25, 0.3) is 11.1 Å². The number of halogens is 3. The Labute approximate surface area is 122 Å². The summed E-state index contributed by atoms with van der Waals surface area (Å²) in [6.07, 6.45) is 0. The Kier molecular flexibility index (Phi) is 4.73. The smallest absolute Gasteiger partial charge is 0.133 e. The second kappa shape index (κ2) is 6.33. The van der Waals surface area contributed by atoms with E-state index in [-0.39, 0.29) is 5.56 Å². The molecular weight excluding hydrogens is 280 g/mol. The molecule has 0 saturated heterocycles. The van der Waals surface area contributed by atoms with Gasteiger partial charge in [-0.1, -0.05) is 37.6 Å². The lowest BCUT2D eigenvalue weighted by atomic mass is 10.0. The van der Waals surface area contributed by atoms with Crippen LogP contribution in [0.1, 0.15) is 19.4 Å². The first-order chi connectivity index (χ1) is 9.49. The van der Waals surface area contributed by atoms with E-state index in [1.807, 2.05) is 13.8 Å². The molecule has 0 radical (unpaired) electrons. The zero-order chi connectivity index (χ0) is 14.7. The zero-order valence-electron chi connectivity index (χ0n) is 11.4. The topological polar surface area (TPSA) is 12.0 Å². The van der Waals surface area contributed by atoms with Gasteiger partial charge in [0.05, 0.1) is 5.56 Å². The van der Waals surface area contributed by atoms with Gasteiger partial charge in [-0.2, -0.15) is 0 Å². The minimum Gasteiger partial charge on any atom is -0.310 e. The van der Waals surface area contributed by atoms with Gasteiger partial charge in [-0.05, 0) is 35.4 Å². The fourth-order valence-corrected chi connectivity index (χ4v) is 2.14. The highest BCUT2D eigenvalue weighted by Gasteiger charge is 2.12. The van der Waals surface area contributed by atoms with Gasteiger partial charge in [-0.25, -0.2) is 8.78 Å². The molecule has 0 saturated carbocycles. The van der Waals surface area contributed by atoms with Gasteiger partial charge in [0.2, 0.25) is 0 Å². The summed E-state index contributed by atoms with van der Waals surface area (Å²) in [5.74, 6) is -1.15. The highest BCUT2D eigenvalue weighted by molar-refractivity contribution is 6.31. The Morgan fingerprint density at radius 3 is 2.35 bits per heavy atom. The quantitative estimate of drug-likeness (QED) is 0.855. The predicted octanol–water partition coefficient (Wildman–Crippen LogP) is 4.78. The minimum atomic E-state index is -0.574. The number of hydrogen-bond donors (Lipinski definition) is 1. The Hall–Kier alpha value is -1.45. The summed E-state index contributed by atoms with van der Waals surface area (Å²) in [5, 5.41) is 3.82. The standard InChI is InChI=1S/C16H16ClF2N/c1-10(2)20-9-12-8-11(6-7-13(12)17)16-14(18)4-3-5-15(16)19/h3-8,10,20H,9H2,1-2H3. The van der Waals surface area contributed by atoms with Crippen molar-refractivity contribution >= 4 is 11.6 Å². The summed E-state index contributed by atoms with van der Waals surface area (Å²) >= 11 is 6.12. The van der Waals surface area contributed by atoms with E-state index in [1.54, 1.807) is 18.2 Å². The highest BCUT2D eigenvalue weighted by Crippen LogP contribution is 2.29. The summed E-state index contributed by atoms with van der Waals surface area (Å²) in [5.41, 5.74) is 1.29. The molecule has 2 rings (SSSR count). The van der Waals surface area contributed by atoms with E-state index in [2.05, 4.69) is 5.32 Å². The van der Waals surface area contributed by atoms with Gasteiger partial charge in [-0.15, -0.1) is 0 Å². The van der Waals surface area contributed by atoms with Crippen LogP contribution in [-0.2, 0) is 6.54 Å². The molecule has 0 aliphatic carbocycles. The molecule has 0 aliphatic rings. The van der Waals surface area contributed by atoms with Crippen LogP contribution >= 0.6 is 11.6 Å². The van der Waals surface area contributed by atoms with Crippen LogP contribution in [0.4, 0.5) is 8.78 Å². The van der Waals surface area contributed by atoms with Crippen LogP contribution in [0.2, 0.25) is 5.02 Å². The van der Waals surface area contributed by atoms with Crippen molar-refractivity contribution in [3.05, 3.63) is 58.6 Å². The molecule has 0 aromatic heterocycles. The van der Waals surface area contributed by atoms with Crippen LogP contribution < -0.4 is 5.32 Å². The van der Waals surface area contributed by atoms with Gasteiger partial charge in [-0.3, -0.25) is 0 Å². The van der Waals surface area contributed by atoms with Crippen LogP contribution in [0.15, 0.2) is 36.4 Å². The lowest BCUT2D eigenvalue weighted by Crippen LogP contribution is -2.22. The normalized spacial score (nSPS) is 11.1. The van der Waals surface area contributed by atoms with Gasteiger partial charge in [0, 0.05) is 17.6 Å². The first kappa shape index (κ1) is 14.9. The summed E-state index contributed by atoms with van der Waals surface area (Å²) in [4.78, 5) is 0. The van der Waals surface area contributed by atoms with E-state index in [0.29, 0.717) is 23.2 Å². The van der Waals surface area contributed by atoms with E-state index in [9.17, 15) is 8.78 Å². The van der Waals surface area contributed by atoms with Crippen LogP contribution in [0.5, 0.6) is 0 Å². The Bertz CT molecular complexity index is 591. The fourth-order valence-electron chi connectivity index (χ4n) is 1.95. The molecule has 0 heterocycles. The summed E-state index contributed by atoms with van der Waals surface area (Å²) in [6.45, 7) is 4.60. The van der Waals surface area contributed by atoms with Crippen molar-refractivity contribution in [1.29, 1.82) is 0 Å². The molecule has 0 fully saturated rings. The molecule has 1 nitrogen and oxygen atoms in total. The molecule has 4 heteroatoms. The van der Waals surface area contributed by atoms with Crippen molar-refractivity contribution in [2.24, 2.45) is 0 Å². The van der Waals surface area contributed by atoms with Gasteiger partial charge in [0.25, 0.3) is 0 Å². The molecule has 106 valence electrons. The van der Waals surface area contributed by atoms with Crippen molar-refractivity contribution in [3.8, 4) is 11.1 Å². The van der Waals surface area contributed by atoms with Crippen molar-refractivity contribution < 1.29 is 8.78 Å². The summed E-state index contributed by atoms with van der Waals surface area (Å²) in [7, 11) is 0. The largest absolute Gasteiger partial charge is 0.310 e. The van der Waals surface area contributed by atoms with E-state index < -0.39 is 11.6 Å². The van der Waals surface area contributed by atoms with Crippen molar-refractivity contribution in [1.82, 2.24) is 5.32 Å². The third-order valence-corrected chi connectivity index (χ3v) is 3.37. The van der Waals surface area contributed by atoms with Crippen LogP contribution in [-0.4, -0.2) is 6.04 Å². The van der Waals surface area contributed by atoms with Crippen LogP contribution in [0, 0.1) is 11.6 Å². The molecule has 0 bridgehead atoms. The molecule has 0 amide bonds. The fraction of sp³-hybridized carbons (Fsp3) is 0.250. The molecule has 0 spiro atoms. The molecule has 0 aliphatic heterocycles. The second-order valence-electron chi connectivity index (χ2n) is 4.94. The third kappa shape index (κ3) is 3.35. The maximum absolute atomic E-state index is 13.8. The summed E-state index contributed by atoms with van der Waals surface area (Å²) in [6, 6.07) is 9.17. The Balaban J connectivity index is 2.41. The van der Waals surface area contributed by atoms with Gasteiger partial charge >= 0.3 is 0 Å². The lowest BCUT2D eigenvalue weighted by Gasteiger charge is -2.12. The first-order valence-corrected chi connectivity index (χ1v) is 6.83. The SMILES string of the molecule is CC(C)NCc1cc(-c2c(F)cccc2F)ccc1Cl. The zero-order valence-corrected chi connectivity index (χ0v) is 12.1. The maximum atomic E-state index is 13.8.